The Hall–Kier alpha value is -0.910. The highest BCUT2D eigenvalue weighted by atomic mass is 16.5. The molecule has 96 valence electrons. The molecule has 17 heavy (non-hydrogen) atoms. The number of hydrogen-bond donors (Lipinski definition) is 2. The average Bonchev–Trinajstić information content (AvgIpc) is 2.90. The van der Waals surface area contributed by atoms with Crippen molar-refractivity contribution in [2.24, 2.45) is 0 Å². The van der Waals surface area contributed by atoms with Crippen LogP contribution in [0.2, 0.25) is 0 Å². The van der Waals surface area contributed by atoms with Gasteiger partial charge in [0.1, 0.15) is 5.60 Å². The zero-order valence-electron chi connectivity index (χ0n) is 10.4. The van der Waals surface area contributed by atoms with Gasteiger partial charge in [-0.1, -0.05) is 6.92 Å². The minimum atomic E-state index is -0.681. The lowest BCUT2D eigenvalue weighted by Gasteiger charge is -2.20. The molecule has 0 spiro atoms. The predicted molar refractivity (Wildman–Crippen MR) is 64.6 cm³/mol. The summed E-state index contributed by atoms with van der Waals surface area (Å²) in [6.45, 7) is 5.51. The molecule has 1 unspecified atom stereocenters. The van der Waals surface area contributed by atoms with Crippen LogP contribution in [0.1, 0.15) is 25.3 Å². The fourth-order valence-corrected chi connectivity index (χ4v) is 2.02. The Morgan fingerprint density at radius 1 is 1.65 bits per heavy atom. The molecule has 1 aliphatic heterocycles. The van der Waals surface area contributed by atoms with E-state index in [0.717, 1.165) is 31.5 Å². The van der Waals surface area contributed by atoms with Crippen molar-refractivity contribution in [3.63, 3.8) is 0 Å². The van der Waals surface area contributed by atoms with Crippen LogP contribution < -0.4 is 5.32 Å². The predicted octanol–water partition coefficient (Wildman–Crippen LogP) is 0.534. The molecule has 5 nitrogen and oxygen atoms in total. The van der Waals surface area contributed by atoms with Gasteiger partial charge in [-0.25, -0.2) is 0 Å². The van der Waals surface area contributed by atoms with Crippen LogP contribution in [-0.4, -0.2) is 40.2 Å². The van der Waals surface area contributed by atoms with E-state index in [1.807, 2.05) is 17.1 Å². The Balaban J connectivity index is 1.73. The average molecular weight is 239 g/mol. The van der Waals surface area contributed by atoms with Crippen LogP contribution in [0, 0.1) is 0 Å². The highest BCUT2D eigenvalue weighted by Crippen LogP contribution is 2.17. The smallest absolute Gasteiger partial charge is 0.102 e. The quantitative estimate of drug-likeness (QED) is 0.760. The molecule has 1 aliphatic rings. The topological polar surface area (TPSA) is 59.3 Å². The van der Waals surface area contributed by atoms with Gasteiger partial charge in [-0.3, -0.25) is 4.68 Å². The fraction of sp³-hybridized carbons (Fsp3) is 0.750. The molecule has 2 heterocycles. The second-order valence-electron chi connectivity index (χ2n) is 4.74. The number of aromatic nitrogens is 2. The summed E-state index contributed by atoms with van der Waals surface area (Å²) in [5, 5.41) is 17.6. The van der Waals surface area contributed by atoms with Crippen LogP contribution in [-0.2, 0) is 17.8 Å². The number of rotatable bonds is 6. The monoisotopic (exact) mass is 239 g/mol. The highest BCUT2D eigenvalue weighted by molar-refractivity contribution is 5.03. The van der Waals surface area contributed by atoms with E-state index in [4.69, 9.17) is 4.74 Å². The van der Waals surface area contributed by atoms with Crippen LogP contribution in [0.3, 0.4) is 0 Å². The Morgan fingerprint density at radius 3 is 3.24 bits per heavy atom. The molecule has 0 aromatic carbocycles. The third-order valence-corrected chi connectivity index (χ3v) is 3.01. The summed E-state index contributed by atoms with van der Waals surface area (Å²) in [5.41, 5.74) is 0.473. The third-order valence-electron chi connectivity index (χ3n) is 3.01. The molecule has 1 fully saturated rings. The van der Waals surface area contributed by atoms with Crippen molar-refractivity contribution in [3.8, 4) is 0 Å². The molecule has 2 N–H and O–H groups in total. The van der Waals surface area contributed by atoms with Gasteiger partial charge in [0, 0.05) is 44.4 Å². The molecule has 0 aliphatic carbocycles. The molecule has 1 saturated heterocycles. The molecule has 1 atom stereocenters. The minimum Gasteiger partial charge on any atom is -0.386 e. The Labute approximate surface area is 102 Å². The first kappa shape index (κ1) is 12.5. The number of ether oxygens (including phenoxy) is 1. The summed E-state index contributed by atoms with van der Waals surface area (Å²) in [4.78, 5) is 0. The summed E-state index contributed by atoms with van der Waals surface area (Å²) < 4.78 is 7.14. The first-order chi connectivity index (χ1) is 8.22. The Kier molecular flexibility index (Phi) is 4.15. The first-order valence-electron chi connectivity index (χ1n) is 6.24. The van der Waals surface area contributed by atoms with Crippen molar-refractivity contribution < 1.29 is 9.84 Å². The zero-order valence-corrected chi connectivity index (χ0v) is 10.4. The van der Waals surface area contributed by atoms with Crippen LogP contribution in [0.4, 0.5) is 0 Å². The van der Waals surface area contributed by atoms with E-state index in [1.165, 1.54) is 0 Å². The Bertz CT molecular complexity index is 345. The van der Waals surface area contributed by atoms with Gasteiger partial charge < -0.3 is 15.2 Å². The van der Waals surface area contributed by atoms with E-state index < -0.39 is 5.60 Å². The molecular formula is C12H21N3O2. The van der Waals surface area contributed by atoms with Crippen molar-refractivity contribution >= 4 is 0 Å². The highest BCUT2D eigenvalue weighted by Gasteiger charge is 2.31. The van der Waals surface area contributed by atoms with E-state index in [9.17, 15) is 5.11 Å². The van der Waals surface area contributed by atoms with Gasteiger partial charge in [0.15, 0.2) is 0 Å². The van der Waals surface area contributed by atoms with Crippen molar-refractivity contribution in [1.82, 2.24) is 15.1 Å². The largest absolute Gasteiger partial charge is 0.386 e. The summed E-state index contributed by atoms with van der Waals surface area (Å²) in [6, 6.07) is 0. The van der Waals surface area contributed by atoms with E-state index in [0.29, 0.717) is 19.8 Å². The zero-order chi connectivity index (χ0) is 12.1. The van der Waals surface area contributed by atoms with Crippen LogP contribution in [0.5, 0.6) is 0 Å². The lowest BCUT2D eigenvalue weighted by Crippen LogP contribution is -2.40. The van der Waals surface area contributed by atoms with Crippen molar-refractivity contribution in [2.45, 2.75) is 38.5 Å². The molecule has 0 radical (unpaired) electrons. The maximum absolute atomic E-state index is 10.1. The van der Waals surface area contributed by atoms with Crippen LogP contribution in [0.15, 0.2) is 12.4 Å². The van der Waals surface area contributed by atoms with E-state index in [1.54, 1.807) is 0 Å². The maximum Gasteiger partial charge on any atom is 0.102 e. The normalized spacial score (nSPS) is 24.4. The summed E-state index contributed by atoms with van der Waals surface area (Å²) >= 11 is 0. The van der Waals surface area contributed by atoms with Gasteiger partial charge in [0.25, 0.3) is 0 Å². The fourth-order valence-electron chi connectivity index (χ4n) is 2.02. The molecule has 0 bridgehead atoms. The van der Waals surface area contributed by atoms with Crippen molar-refractivity contribution in [2.75, 3.05) is 19.8 Å². The van der Waals surface area contributed by atoms with Gasteiger partial charge >= 0.3 is 0 Å². The van der Waals surface area contributed by atoms with E-state index in [2.05, 4.69) is 17.3 Å². The molecule has 0 saturated carbocycles. The molecule has 2 rings (SSSR count). The number of hydrogen-bond acceptors (Lipinski definition) is 4. The third kappa shape index (κ3) is 3.52. The number of nitrogens with zero attached hydrogens (tertiary/aromatic N) is 2. The van der Waals surface area contributed by atoms with Gasteiger partial charge in [0.05, 0.1) is 12.8 Å². The van der Waals surface area contributed by atoms with Gasteiger partial charge in [-0.2, -0.15) is 5.10 Å². The molecule has 0 amide bonds. The van der Waals surface area contributed by atoms with E-state index in [-0.39, 0.29) is 0 Å². The summed E-state index contributed by atoms with van der Waals surface area (Å²) in [7, 11) is 0. The number of nitrogens with one attached hydrogen (secondary N) is 1. The Morgan fingerprint density at radius 2 is 2.53 bits per heavy atom. The second kappa shape index (κ2) is 5.62. The lowest BCUT2D eigenvalue weighted by atomic mass is 10.0. The molecule has 1 aromatic heterocycles. The number of aliphatic hydroxyl groups is 1. The van der Waals surface area contributed by atoms with Crippen LogP contribution in [0.25, 0.3) is 0 Å². The lowest BCUT2D eigenvalue weighted by molar-refractivity contribution is 0.0268. The molecular weight excluding hydrogens is 218 g/mol. The molecule has 1 aromatic rings. The standard InChI is InChI=1S/C12H21N3O2/c1-2-4-15-8-11(7-14-15)6-13-9-12(16)3-5-17-10-12/h7-8,13,16H,2-6,9-10H2,1H3. The minimum absolute atomic E-state index is 0.440. The molecule has 5 heteroatoms. The van der Waals surface area contributed by atoms with Gasteiger partial charge in [0.2, 0.25) is 0 Å². The second-order valence-corrected chi connectivity index (χ2v) is 4.74. The van der Waals surface area contributed by atoms with Crippen LogP contribution >= 0.6 is 0 Å². The van der Waals surface area contributed by atoms with Gasteiger partial charge in [-0.15, -0.1) is 0 Å². The first-order valence-corrected chi connectivity index (χ1v) is 6.24. The van der Waals surface area contributed by atoms with Crippen molar-refractivity contribution in [3.05, 3.63) is 18.0 Å². The number of aryl methyl sites for hydroxylation is 1. The SMILES string of the molecule is CCCn1cc(CNCC2(O)CCOC2)cn1. The van der Waals surface area contributed by atoms with Crippen molar-refractivity contribution in [1.29, 1.82) is 0 Å². The maximum atomic E-state index is 10.1. The van der Waals surface area contributed by atoms with E-state index >= 15 is 0 Å². The summed E-state index contributed by atoms with van der Waals surface area (Å²) in [5.74, 6) is 0. The van der Waals surface area contributed by atoms with Gasteiger partial charge in [-0.05, 0) is 6.42 Å². The summed E-state index contributed by atoms with van der Waals surface area (Å²) in [6.07, 6.45) is 5.73.